The molecule has 0 aliphatic carbocycles. The van der Waals surface area contributed by atoms with Gasteiger partial charge in [-0.05, 0) is 20.3 Å². The Morgan fingerprint density at radius 2 is 1.93 bits per heavy atom. The molecule has 0 aromatic rings. The molecule has 0 atom stereocenters. The van der Waals surface area contributed by atoms with Gasteiger partial charge >= 0.3 is 0 Å². The summed E-state index contributed by atoms with van der Waals surface area (Å²) in [6.45, 7) is 9.70. The van der Waals surface area contributed by atoms with Crippen LogP contribution in [0.25, 0.3) is 0 Å². The fourth-order valence-electron chi connectivity index (χ4n) is 1.22. The zero-order chi connectivity index (χ0) is 10.9. The van der Waals surface area contributed by atoms with E-state index in [0.29, 0.717) is 0 Å². The summed E-state index contributed by atoms with van der Waals surface area (Å²) in [6.07, 6.45) is 2.35. The van der Waals surface area contributed by atoms with Crippen LogP contribution in [0, 0.1) is 0 Å². The summed E-state index contributed by atoms with van der Waals surface area (Å²) >= 11 is 0. The summed E-state index contributed by atoms with van der Waals surface area (Å²) in [4.78, 5) is 0. The average Bonchev–Trinajstić information content (AvgIpc) is 2.11. The van der Waals surface area contributed by atoms with Gasteiger partial charge in [0.2, 0.25) is 0 Å². The van der Waals surface area contributed by atoms with Crippen molar-refractivity contribution in [1.82, 2.24) is 5.32 Å². The van der Waals surface area contributed by atoms with Gasteiger partial charge in [-0.1, -0.05) is 13.3 Å². The van der Waals surface area contributed by atoms with E-state index in [1.54, 1.807) is 7.11 Å². The first-order valence-electron chi connectivity index (χ1n) is 5.44. The van der Waals surface area contributed by atoms with Crippen molar-refractivity contribution in [3.63, 3.8) is 0 Å². The largest absolute Gasteiger partial charge is 0.383 e. The van der Waals surface area contributed by atoms with Crippen molar-refractivity contribution in [3.8, 4) is 0 Å². The van der Waals surface area contributed by atoms with E-state index < -0.39 is 0 Å². The second kappa shape index (κ2) is 8.21. The number of unbranched alkanes of at least 4 members (excludes halogenated alkanes) is 1. The molecule has 0 rings (SSSR count). The van der Waals surface area contributed by atoms with Crippen molar-refractivity contribution in [1.29, 1.82) is 0 Å². The Morgan fingerprint density at radius 1 is 1.21 bits per heavy atom. The predicted octanol–water partition coefficient (Wildman–Crippen LogP) is 1.82. The summed E-state index contributed by atoms with van der Waals surface area (Å²) in [7, 11) is 1.72. The van der Waals surface area contributed by atoms with Crippen molar-refractivity contribution >= 4 is 0 Å². The minimum Gasteiger partial charge on any atom is -0.383 e. The number of methoxy groups -OCH3 is 1. The quantitative estimate of drug-likeness (QED) is 0.580. The van der Waals surface area contributed by atoms with E-state index in [4.69, 9.17) is 9.47 Å². The van der Waals surface area contributed by atoms with Crippen LogP contribution in [0.5, 0.6) is 0 Å². The Morgan fingerprint density at radius 3 is 2.50 bits per heavy atom. The maximum Gasteiger partial charge on any atom is 0.0639 e. The third-order valence-electron chi connectivity index (χ3n) is 2.00. The Labute approximate surface area is 88.2 Å². The van der Waals surface area contributed by atoms with E-state index in [9.17, 15) is 0 Å². The van der Waals surface area contributed by atoms with Gasteiger partial charge < -0.3 is 14.8 Å². The number of nitrogens with one attached hydrogen (secondary N) is 1. The minimum atomic E-state index is 0.0445. The molecule has 0 aromatic heterocycles. The lowest BCUT2D eigenvalue weighted by molar-refractivity contribution is 0.102. The van der Waals surface area contributed by atoms with Crippen LogP contribution < -0.4 is 5.32 Å². The Kier molecular flexibility index (Phi) is 8.14. The normalized spacial score (nSPS) is 12.0. The number of ether oxygens (including phenoxy) is 2. The van der Waals surface area contributed by atoms with Gasteiger partial charge in [0.05, 0.1) is 13.2 Å². The van der Waals surface area contributed by atoms with Crippen molar-refractivity contribution in [2.45, 2.75) is 39.2 Å². The Bertz CT molecular complexity index is 126. The fraction of sp³-hybridized carbons (Fsp3) is 1.00. The molecule has 3 nitrogen and oxygen atoms in total. The van der Waals surface area contributed by atoms with E-state index in [1.165, 1.54) is 6.42 Å². The van der Waals surface area contributed by atoms with Crippen molar-refractivity contribution in [3.05, 3.63) is 0 Å². The zero-order valence-corrected chi connectivity index (χ0v) is 10.1. The standard InChI is InChI=1S/C11H25NO2/c1-5-6-8-14-9-7-12-11(2,3)10-13-4/h12H,5-10H2,1-4H3. The molecule has 0 aliphatic rings. The number of hydrogen-bond acceptors (Lipinski definition) is 3. The number of hydrogen-bond donors (Lipinski definition) is 1. The fourth-order valence-corrected chi connectivity index (χ4v) is 1.22. The third kappa shape index (κ3) is 8.48. The zero-order valence-electron chi connectivity index (χ0n) is 10.1. The van der Waals surface area contributed by atoms with Crippen LogP contribution in [0.3, 0.4) is 0 Å². The van der Waals surface area contributed by atoms with Gasteiger partial charge in [-0.25, -0.2) is 0 Å². The number of rotatable bonds is 9. The molecule has 0 unspecified atom stereocenters. The topological polar surface area (TPSA) is 30.5 Å². The molecule has 0 saturated heterocycles. The smallest absolute Gasteiger partial charge is 0.0639 e. The second-order valence-corrected chi connectivity index (χ2v) is 4.21. The summed E-state index contributed by atoms with van der Waals surface area (Å²) < 4.78 is 10.5. The first kappa shape index (κ1) is 13.9. The van der Waals surface area contributed by atoms with Crippen LogP contribution in [0.2, 0.25) is 0 Å². The molecule has 3 heteroatoms. The molecule has 14 heavy (non-hydrogen) atoms. The maximum absolute atomic E-state index is 5.44. The van der Waals surface area contributed by atoms with Crippen LogP contribution in [-0.2, 0) is 9.47 Å². The van der Waals surface area contributed by atoms with E-state index in [-0.39, 0.29) is 5.54 Å². The lowest BCUT2D eigenvalue weighted by Crippen LogP contribution is -2.44. The molecule has 0 radical (unpaired) electrons. The SMILES string of the molecule is CCCCOCCNC(C)(C)COC. The van der Waals surface area contributed by atoms with Gasteiger partial charge in [-0.3, -0.25) is 0 Å². The molecule has 0 fully saturated rings. The third-order valence-corrected chi connectivity index (χ3v) is 2.00. The summed E-state index contributed by atoms with van der Waals surface area (Å²) in [5.74, 6) is 0. The molecule has 0 amide bonds. The van der Waals surface area contributed by atoms with E-state index >= 15 is 0 Å². The molecule has 1 N–H and O–H groups in total. The van der Waals surface area contributed by atoms with Gasteiger partial charge in [-0.15, -0.1) is 0 Å². The minimum absolute atomic E-state index is 0.0445. The van der Waals surface area contributed by atoms with Crippen molar-refractivity contribution in [2.24, 2.45) is 0 Å². The molecule has 0 bridgehead atoms. The van der Waals surface area contributed by atoms with Crippen LogP contribution in [0.4, 0.5) is 0 Å². The van der Waals surface area contributed by atoms with Gasteiger partial charge in [0.15, 0.2) is 0 Å². The van der Waals surface area contributed by atoms with Crippen LogP contribution >= 0.6 is 0 Å². The molecule has 0 heterocycles. The highest BCUT2D eigenvalue weighted by molar-refractivity contribution is 4.76. The first-order valence-corrected chi connectivity index (χ1v) is 5.44. The van der Waals surface area contributed by atoms with Gasteiger partial charge in [0.1, 0.15) is 0 Å². The molecule has 0 spiro atoms. The molecular weight excluding hydrogens is 178 g/mol. The highest BCUT2D eigenvalue weighted by atomic mass is 16.5. The molecule has 0 aliphatic heterocycles. The highest BCUT2D eigenvalue weighted by Gasteiger charge is 2.15. The van der Waals surface area contributed by atoms with Crippen LogP contribution in [0.1, 0.15) is 33.6 Å². The van der Waals surface area contributed by atoms with Crippen molar-refractivity contribution < 1.29 is 9.47 Å². The van der Waals surface area contributed by atoms with E-state index in [2.05, 4.69) is 26.1 Å². The summed E-state index contributed by atoms with van der Waals surface area (Å²) in [5, 5.41) is 3.39. The van der Waals surface area contributed by atoms with Gasteiger partial charge in [-0.2, -0.15) is 0 Å². The first-order chi connectivity index (χ1) is 6.62. The predicted molar refractivity (Wildman–Crippen MR) is 59.7 cm³/mol. The Balaban J connectivity index is 3.26. The van der Waals surface area contributed by atoms with Crippen molar-refractivity contribution in [2.75, 3.05) is 33.5 Å². The monoisotopic (exact) mass is 203 g/mol. The van der Waals surface area contributed by atoms with Gasteiger partial charge in [0.25, 0.3) is 0 Å². The van der Waals surface area contributed by atoms with E-state index in [0.717, 1.165) is 32.8 Å². The summed E-state index contributed by atoms with van der Waals surface area (Å²) in [5.41, 5.74) is 0.0445. The van der Waals surface area contributed by atoms with E-state index in [1.807, 2.05) is 0 Å². The van der Waals surface area contributed by atoms with Crippen LogP contribution in [-0.4, -0.2) is 39.0 Å². The van der Waals surface area contributed by atoms with Gasteiger partial charge in [0, 0.05) is 25.8 Å². The molecular formula is C11H25NO2. The Hall–Kier alpha value is -0.120. The highest BCUT2D eigenvalue weighted by Crippen LogP contribution is 2.00. The molecule has 0 saturated carbocycles. The molecule has 0 aromatic carbocycles. The second-order valence-electron chi connectivity index (χ2n) is 4.21. The summed E-state index contributed by atoms with van der Waals surface area (Å²) in [6, 6.07) is 0. The average molecular weight is 203 g/mol. The van der Waals surface area contributed by atoms with Crippen LogP contribution in [0.15, 0.2) is 0 Å². The lowest BCUT2D eigenvalue weighted by Gasteiger charge is -2.25. The lowest BCUT2D eigenvalue weighted by atomic mass is 10.1. The molecule has 86 valence electrons. The maximum atomic E-state index is 5.44.